The van der Waals surface area contributed by atoms with Crippen LogP contribution in [-0.4, -0.2) is 27.1 Å². The molecule has 0 atom stereocenters. The van der Waals surface area contributed by atoms with E-state index in [1.165, 1.54) is 0 Å². The predicted molar refractivity (Wildman–Crippen MR) is 59.1 cm³/mol. The molecule has 0 unspecified atom stereocenters. The van der Waals surface area contributed by atoms with Crippen molar-refractivity contribution in [2.24, 2.45) is 7.05 Å². The molecule has 0 aliphatic rings. The molecule has 0 aromatic carbocycles. The van der Waals surface area contributed by atoms with Crippen molar-refractivity contribution < 1.29 is 4.74 Å². The summed E-state index contributed by atoms with van der Waals surface area (Å²) in [5.74, 6) is 1.54. The monoisotopic (exact) mass is 219 g/mol. The molecule has 0 spiro atoms. The maximum absolute atomic E-state index is 5.11. The summed E-state index contributed by atoms with van der Waals surface area (Å²) >= 11 is 0. The SMILES string of the molecule is COc1ccnc(NCc2cnnn2C)c1. The van der Waals surface area contributed by atoms with Crippen LogP contribution in [0.3, 0.4) is 0 Å². The number of hydrogen-bond donors (Lipinski definition) is 1. The summed E-state index contributed by atoms with van der Waals surface area (Å²) in [6, 6.07) is 3.64. The molecule has 2 aromatic rings. The zero-order chi connectivity index (χ0) is 11.4. The molecule has 0 fully saturated rings. The number of pyridine rings is 1. The average molecular weight is 219 g/mol. The molecular formula is C10H13N5O. The van der Waals surface area contributed by atoms with Gasteiger partial charge >= 0.3 is 0 Å². The van der Waals surface area contributed by atoms with Gasteiger partial charge in [-0.15, -0.1) is 5.10 Å². The molecule has 2 heterocycles. The fourth-order valence-electron chi connectivity index (χ4n) is 1.29. The number of nitrogens with one attached hydrogen (secondary N) is 1. The number of aryl methyl sites for hydroxylation is 1. The zero-order valence-corrected chi connectivity index (χ0v) is 9.21. The Balaban J connectivity index is 2.02. The molecular weight excluding hydrogens is 206 g/mol. The van der Waals surface area contributed by atoms with Gasteiger partial charge in [0.05, 0.1) is 25.5 Å². The van der Waals surface area contributed by atoms with Crippen molar-refractivity contribution in [3.8, 4) is 5.75 Å². The molecule has 0 bridgehead atoms. The van der Waals surface area contributed by atoms with E-state index < -0.39 is 0 Å². The van der Waals surface area contributed by atoms with Crippen molar-refractivity contribution in [3.05, 3.63) is 30.2 Å². The van der Waals surface area contributed by atoms with Gasteiger partial charge < -0.3 is 10.1 Å². The fourth-order valence-corrected chi connectivity index (χ4v) is 1.29. The molecule has 2 aromatic heterocycles. The van der Waals surface area contributed by atoms with Crippen molar-refractivity contribution >= 4 is 5.82 Å². The molecule has 6 heteroatoms. The Bertz CT molecular complexity index is 468. The lowest BCUT2D eigenvalue weighted by Gasteiger charge is -2.06. The lowest BCUT2D eigenvalue weighted by atomic mass is 10.4. The fraction of sp³-hybridized carbons (Fsp3) is 0.300. The molecule has 0 aliphatic heterocycles. The van der Waals surface area contributed by atoms with Gasteiger partial charge in [-0.05, 0) is 6.07 Å². The first-order valence-electron chi connectivity index (χ1n) is 4.87. The summed E-state index contributed by atoms with van der Waals surface area (Å²) in [6.07, 6.45) is 3.41. The van der Waals surface area contributed by atoms with Crippen LogP contribution in [-0.2, 0) is 13.6 Å². The number of rotatable bonds is 4. The lowest BCUT2D eigenvalue weighted by molar-refractivity contribution is 0.414. The first-order valence-corrected chi connectivity index (χ1v) is 4.87. The maximum Gasteiger partial charge on any atom is 0.129 e. The van der Waals surface area contributed by atoms with Crippen molar-refractivity contribution in [3.63, 3.8) is 0 Å². The lowest BCUT2D eigenvalue weighted by Crippen LogP contribution is -2.06. The van der Waals surface area contributed by atoms with E-state index in [1.54, 1.807) is 30.3 Å². The number of ether oxygens (including phenoxy) is 1. The van der Waals surface area contributed by atoms with E-state index in [0.29, 0.717) is 6.54 Å². The van der Waals surface area contributed by atoms with Crippen molar-refractivity contribution in [2.75, 3.05) is 12.4 Å². The Morgan fingerprint density at radius 2 is 2.38 bits per heavy atom. The minimum Gasteiger partial charge on any atom is -0.497 e. The van der Waals surface area contributed by atoms with Crippen molar-refractivity contribution in [1.29, 1.82) is 0 Å². The minimum atomic E-state index is 0.629. The van der Waals surface area contributed by atoms with Gasteiger partial charge in [0.15, 0.2) is 0 Å². The molecule has 16 heavy (non-hydrogen) atoms. The Hall–Kier alpha value is -2.11. The Morgan fingerprint density at radius 3 is 3.06 bits per heavy atom. The van der Waals surface area contributed by atoms with Gasteiger partial charge in [0.25, 0.3) is 0 Å². The molecule has 0 saturated carbocycles. The second-order valence-electron chi connectivity index (χ2n) is 3.28. The normalized spacial score (nSPS) is 10.1. The highest BCUT2D eigenvalue weighted by Crippen LogP contribution is 2.14. The first kappa shape index (κ1) is 10.4. The summed E-state index contributed by atoms with van der Waals surface area (Å²) in [6.45, 7) is 0.629. The van der Waals surface area contributed by atoms with E-state index in [1.807, 2.05) is 13.1 Å². The second-order valence-corrected chi connectivity index (χ2v) is 3.28. The topological polar surface area (TPSA) is 64.9 Å². The summed E-state index contributed by atoms with van der Waals surface area (Å²) in [5.41, 5.74) is 0.990. The van der Waals surface area contributed by atoms with Crippen LogP contribution in [0.25, 0.3) is 0 Å². The summed E-state index contributed by atoms with van der Waals surface area (Å²) in [7, 11) is 3.48. The molecule has 0 radical (unpaired) electrons. The molecule has 0 saturated heterocycles. The number of hydrogen-bond acceptors (Lipinski definition) is 5. The maximum atomic E-state index is 5.11. The van der Waals surface area contributed by atoms with Crippen LogP contribution in [0.4, 0.5) is 5.82 Å². The van der Waals surface area contributed by atoms with E-state index in [4.69, 9.17) is 4.74 Å². The third-order valence-electron chi connectivity index (χ3n) is 2.23. The Labute approximate surface area is 93.3 Å². The van der Waals surface area contributed by atoms with Gasteiger partial charge in [0.2, 0.25) is 0 Å². The van der Waals surface area contributed by atoms with Crippen LogP contribution in [0.2, 0.25) is 0 Å². The van der Waals surface area contributed by atoms with Gasteiger partial charge in [-0.2, -0.15) is 0 Å². The third-order valence-corrected chi connectivity index (χ3v) is 2.23. The van der Waals surface area contributed by atoms with Crippen LogP contribution in [0.15, 0.2) is 24.5 Å². The van der Waals surface area contributed by atoms with Gasteiger partial charge in [-0.25, -0.2) is 4.98 Å². The molecule has 2 rings (SSSR count). The average Bonchev–Trinajstić information content (AvgIpc) is 2.72. The molecule has 0 amide bonds. The van der Waals surface area contributed by atoms with Crippen molar-refractivity contribution in [1.82, 2.24) is 20.0 Å². The minimum absolute atomic E-state index is 0.629. The highest BCUT2D eigenvalue weighted by molar-refractivity contribution is 5.40. The smallest absolute Gasteiger partial charge is 0.129 e. The highest BCUT2D eigenvalue weighted by Gasteiger charge is 2.01. The summed E-state index contributed by atoms with van der Waals surface area (Å²) in [5, 5.41) is 10.8. The Kier molecular flexibility index (Phi) is 3.00. The summed E-state index contributed by atoms with van der Waals surface area (Å²) < 4.78 is 6.82. The predicted octanol–water partition coefficient (Wildman–Crippen LogP) is 0.831. The highest BCUT2D eigenvalue weighted by atomic mass is 16.5. The van der Waals surface area contributed by atoms with E-state index in [0.717, 1.165) is 17.3 Å². The van der Waals surface area contributed by atoms with E-state index >= 15 is 0 Å². The number of nitrogens with zero attached hydrogens (tertiary/aromatic N) is 4. The van der Waals surface area contributed by atoms with Gasteiger partial charge in [-0.3, -0.25) is 4.68 Å². The van der Waals surface area contributed by atoms with Crippen LogP contribution in [0, 0.1) is 0 Å². The number of methoxy groups -OCH3 is 1. The largest absolute Gasteiger partial charge is 0.497 e. The van der Waals surface area contributed by atoms with Crippen LogP contribution >= 0.6 is 0 Å². The third kappa shape index (κ3) is 2.28. The standard InChI is InChI=1S/C10H13N5O/c1-15-8(7-13-14-15)6-12-10-5-9(16-2)3-4-11-10/h3-5,7H,6H2,1-2H3,(H,11,12). The summed E-state index contributed by atoms with van der Waals surface area (Å²) in [4.78, 5) is 4.18. The molecule has 1 N–H and O–H groups in total. The van der Waals surface area contributed by atoms with Crippen LogP contribution < -0.4 is 10.1 Å². The quantitative estimate of drug-likeness (QED) is 0.825. The molecule has 6 nitrogen and oxygen atoms in total. The van der Waals surface area contributed by atoms with E-state index in [9.17, 15) is 0 Å². The zero-order valence-electron chi connectivity index (χ0n) is 9.21. The van der Waals surface area contributed by atoms with E-state index in [2.05, 4.69) is 20.6 Å². The second kappa shape index (κ2) is 4.61. The number of anilines is 1. The van der Waals surface area contributed by atoms with Gasteiger partial charge in [0, 0.05) is 19.3 Å². The van der Waals surface area contributed by atoms with Crippen LogP contribution in [0.5, 0.6) is 5.75 Å². The van der Waals surface area contributed by atoms with Gasteiger partial charge in [0.1, 0.15) is 11.6 Å². The van der Waals surface area contributed by atoms with Crippen molar-refractivity contribution in [2.45, 2.75) is 6.54 Å². The molecule has 84 valence electrons. The Morgan fingerprint density at radius 1 is 1.50 bits per heavy atom. The van der Waals surface area contributed by atoms with E-state index in [-0.39, 0.29) is 0 Å². The molecule has 0 aliphatic carbocycles. The first-order chi connectivity index (χ1) is 7.79. The van der Waals surface area contributed by atoms with Gasteiger partial charge in [-0.1, -0.05) is 5.21 Å². The number of aromatic nitrogens is 4. The van der Waals surface area contributed by atoms with Crippen LogP contribution in [0.1, 0.15) is 5.69 Å².